The number of rotatable bonds is 10. The molecule has 6 rings (SSSR count). The molecule has 2 atom stereocenters. The number of aryl methyl sites for hydroxylation is 2. The number of anilines is 1. The smallest absolute Gasteiger partial charge is 0.237 e. The maximum Gasteiger partial charge on any atom is 0.237 e. The average Bonchev–Trinajstić information content (AvgIpc) is 3.73. The predicted octanol–water partition coefficient (Wildman–Crippen LogP) is 4.36. The van der Waals surface area contributed by atoms with E-state index in [-0.39, 0.29) is 29.9 Å². The lowest BCUT2D eigenvalue weighted by Gasteiger charge is -2.07. The van der Waals surface area contributed by atoms with E-state index >= 15 is 0 Å². The van der Waals surface area contributed by atoms with Crippen molar-refractivity contribution in [3.05, 3.63) is 74.7 Å². The molecule has 2 aliphatic heterocycles. The number of para-hydroxylation sites is 2. The van der Waals surface area contributed by atoms with Crippen LogP contribution in [0.5, 0.6) is 11.5 Å². The fraction of sp³-hybridized carbons (Fsp3) is 0.333. The Morgan fingerprint density at radius 3 is 2.08 bits per heavy atom. The Labute approximate surface area is 227 Å². The third-order valence-corrected chi connectivity index (χ3v) is 8.55. The van der Waals surface area contributed by atoms with Gasteiger partial charge in [-0.05, 0) is 25.0 Å². The second-order valence-electron chi connectivity index (χ2n) is 9.23. The number of aromatic nitrogens is 4. The summed E-state index contributed by atoms with van der Waals surface area (Å²) in [5.41, 5.74) is 1.86. The van der Waals surface area contributed by atoms with Gasteiger partial charge in [0.15, 0.2) is 5.78 Å². The van der Waals surface area contributed by atoms with Crippen LogP contribution >= 0.6 is 22.7 Å². The number of nitrogens with one attached hydrogen (secondary N) is 1. The Morgan fingerprint density at radius 1 is 0.763 bits per heavy atom. The summed E-state index contributed by atoms with van der Waals surface area (Å²) < 4.78 is 11.3. The number of hydrogen-bond donors (Lipinski definition) is 1. The number of carbonyl (C=O) groups is 2. The first kappa shape index (κ1) is 24.6. The number of benzene rings is 2. The van der Waals surface area contributed by atoms with Gasteiger partial charge in [0.2, 0.25) is 11.0 Å². The highest BCUT2D eigenvalue weighted by molar-refractivity contribution is 7.15. The van der Waals surface area contributed by atoms with Gasteiger partial charge in [-0.15, -0.1) is 31.7 Å². The molecule has 2 aromatic carbocycles. The molecule has 2 unspecified atom stereocenters. The quantitative estimate of drug-likeness (QED) is 0.291. The lowest BCUT2D eigenvalue weighted by Crippen LogP contribution is -2.22. The molecule has 11 heteroatoms. The predicted molar refractivity (Wildman–Crippen MR) is 143 cm³/mol. The second-order valence-corrected chi connectivity index (χ2v) is 11.4. The van der Waals surface area contributed by atoms with Crippen molar-refractivity contribution in [3.63, 3.8) is 0 Å². The van der Waals surface area contributed by atoms with Crippen LogP contribution in [0.25, 0.3) is 0 Å². The summed E-state index contributed by atoms with van der Waals surface area (Å²) in [6.07, 6.45) is 3.68. The standard InChI is InChI=1S/C27H25N5O4S2/c33-20(18-14-35-21-9-3-1-7-16(18)21)13-25-31-29-23(37-25)11-5-6-12-24-30-32-27(38-24)28-26(34)19-15-36-22-10-4-2-8-17(19)22/h1-4,7-10,18-19H,5-6,11-15H2,(H,28,32,34). The average molecular weight is 548 g/mol. The molecule has 0 saturated carbocycles. The summed E-state index contributed by atoms with van der Waals surface area (Å²) in [6, 6.07) is 15.3. The van der Waals surface area contributed by atoms with Crippen LogP contribution in [0, 0.1) is 0 Å². The molecular weight excluding hydrogens is 522 g/mol. The molecule has 0 spiro atoms. The third kappa shape index (κ3) is 5.30. The molecule has 0 bridgehead atoms. The number of ether oxygens (including phenoxy) is 2. The Kier molecular flexibility index (Phi) is 7.10. The monoisotopic (exact) mass is 547 g/mol. The molecule has 38 heavy (non-hydrogen) atoms. The second kappa shape index (κ2) is 11.0. The van der Waals surface area contributed by atoms with Crippen LogP contribution in [0.3, 0.4) is 0 Å². The van der Waals surface area contributed by atoms with E-state index in [0.29, 0.717) is 18.3 Å². The first-order valence-corrected chi connectivity index (χ1v) is 14.2. The molecule has 4 heterocycles. The SMILES string of the molecule is O=C(Cc1nnc(CCCCc2nnc(NC(=O)C3COc4ccccc43)s2)s1)C1COc2ccccc21. The summed E-state index contributed by atoms with van der Waals surface area (Å²) in [7, 11) is 0. The van der Waals surface area contributed by atoms with Gasteiger partial charge in [0.1, 0.15) is 45.7 Å². The van der Waals surface area contributed by atoms with Crippen LogP contribution in [-0.4, -0.2) is 45.3 Å². The molecule has 2 aromatic heterocycles. The lowest BCUT2D eigenvalue weighted by atomic mass is 9.95. The van der Waals surface area contributed by atoms with Gasteiger partial charge in [-0.1, -0.05) is 47.7 Å². The van der Waals surface area contributed by atoms with Crippen LogP contribution in [0.15, 0.2) is 48.5 Å². The maximum absolute atomic E-state index is 12.8. The van der Waals surface area contributed by atoms with Crippen LogP contribution in [0.1, 0.15) is 50.8 Å². The highest BCUT2D eigenvalue weighted by atomic mass is 32.1. The minimum Gasteiger partial charge on any atom is -0.492 e. The summed E-state index contributed by atoms with van der Waals surface area (Å²) in [5.74, 6) is 0.960. The summed E-state index contributed by atoms with van der Waals surface area (Å²) in [6.45, 7) is 0.727. The Morgan fingerprint density at radius 2 is 1.34 bits per heavy atom. The van der Waals surface area contributed by atoms with Crippen molar-refractivity contribution in [2.24, 2.45) is 0 Å². The lowest BCUT2D eigenvalue weighted by molar-refractivity contribution is -0.120. The van der Waals surface area contributed by atoms with Crippen molar-refractivity contribution in [3.8, 4) is 11.5 Å². The normalized spacial score (nSPS) is 17.4. The fourth-order valence-corrected chi connectivity index (χ4v) is 6.37. The molecule has 1 N–H and O–H groups in total. The number of ketones is 1. The Hall–Kier alpha value is -3.70. The Bertz CT molecular complexity index is 1360. The van der Waals surface area contributed by atoms with Crippen LogP contribution < -0.4 is 14.8 Å². The number of amides is 1. The minimum atomic E-state index is -0.340. The van der Waals surface area contributed by atoms with Crippen molar-refractivity contribution >= 4 is 39.5 Å². The number of fused-ring (bicyclic) bond motifs is 2. The molecule has 0 aliphatic carbocycles. The molecule has 2 aliphatic rings. The summed E-state index contributed by atoms with van der Waals surface area (Å²) in [4.78, 5) is 25.5. The fourth-order valence-electron chi connectivity index (χ4n) is 4.69. The Balaban J connectivity index is 0.940. The van der Waals surface area contributed by atoms with E-state index in [1.54, 1.807) is 0 Å². The third-order valence-electron chi connectivity index (χ3n) is 6.67. The minimum absolute atomic E-state index is 0.112. The molecule has 0 saturated heterocycles. The van der Waals surface area contributed by atoms with Crippen molar-refractivity contribution in [2.45, 2.75) is 43.9 Å². The van der Waals surface area contributed by atoms with Crippen LogP contribution in [-0.2, 0) is 28.9 Å². The number of hydrogen-bond acceptors (Lipinski definition) is 10. The zero-order valence-electron chi connectivity index (χ0n) is 20.5. The van der Waals surface area contributed by atoms with Gasteiger partial charge in [-0.2, -0.15) is 0 Å². The van der Waals surface area contributed by atoms with Gasteiger partial charge < -0.3 is 9.47 Å². The molecule has 194 valence electrons. The highest BCUT2D eigenvalue weighted by Crippen LogP contribution is 2.35. The van der Waals surface area contributed by atoms with Crippen molar-refractivity contribution in [1.82, 2.24) is 20.4 Å². The molecule has 1 amide bonds. The van der Waals surface area contributed by atoms with E-state index in [4.69, 9.17) is 9.47 Å². The number of Topliss-reactive ketones (excluding diaryl/α,β-unsaturated/α-hetero) is 1. The number of carbonyl (C=O) groups excluding carboxylic acids is 2. The van der Waals surface area contributed by atoms with Gasteiger partial charge in [0.05, 0.1) is 12.3 Å². The van der Waals surface area contributed by atoms with Gasteiger partial charge in [-0.3, -0.25) is 14.9 Å². The summed E-state index contributed by atoms with van der Waals surface area (Å²) in [5, 5.41) is 22.8. The van der Waals surface area contributed by atoms with Gasteiger partial charge in [0.25, 0.3) is 0 Å². The first-order valence-electron chi connectivity index (χ1n) is 12.5. The zero-order valence-corrected chi connectivity index (χ0v) is 22.1. The van der Waals surface area contributed by atoms with E-state index in [0.717, 1.165) is 63.3 Å². The van der Waals surface area contributed by atoms with Crippen LogP contribution in [0.4, 0.5) is 5.13 Å². The van der Waals surface area contributed by atoms with Crippen molar-refractivity contribution in [2.75, 3.05) is 18.5 Å². The molecule has 4 aromatic rings. The van der Waals surface area contributed by atoms with Crippen molar-refractivity contribution < 1.29 is 19.1 Å². The van der Waals surface area contributed by atoms with Gasteiger partial charge in [0, 0.05) is 24.0 Å². The summed E-state index contributed by atoms with van der Waals surface area (Å²) >= 11 is 2.90. The zero-order chi connectivity index (χ0) is 25.9. The van der Waals surface area contributed by atoms with E-state index in [2.05, 4.69) is 25.7 Å². The topological polar surface area (TPSA) is 116 Å². The van der Waals surface area contributed by atoms with E-state index in [1.165, 1.54) is 22.7 Å². The maximum atomic E-state index is 12.8. The number of nitrogens with zero attached hydrogens (tertiary/aromatic N) is 4. The van der Waals surface area contributed by atoms with Gasteiger partial charge >= 0.3 is 0 Å². The number of unbranched alkanes of at least 4 members (excludes halogenated alkanes) is 1. The van der Waals surface area contributed by atoms with E-state index in [1.807, 2.05) is 48.5 Å². The molecule has 9 nitrogen and oxygen atoms in total. The van der Waals surface area contributed by atoms with E-state index < -0.39 is 0 Å². The molecular formula is C27H25N5O4S2. The highest BCUT2D eigenvalue weighted by Gasteiger charge is 2.31. The van der Waals surface area contributed by atoms with Crippen molar-refractivity contribution in [1.29, 1.82) is 0 Å². The largest absolute Gasteiger partial charge is 0.492 e. The molecule has 0 fully saturated rings. The van der Waals surface area contributed by atoms with E-state index in [9.17, 15) is 9.59 Å². The molecule has 0 radical (unpaired) electrons. The van der Waals surface area contributed by atoms with Crippen LogP contribution in [0.2, 0.25) is 0 Å². The van der Waals surface area contributed by atoms with Gasteiger partial charge in [-0.25, -0.2) is 0 Å². The first-order chi connectivity index (χ1) is 18.6.